The van der Waals surface area contributed by atoms with Crippen LogP contribution in [0.5, 0.6) is 0 Å². The van der Waals surface area contributed by atoms with Gasteiger partial charge in [0.1, 0.15) is 11.1 Å². The van der Waals surface area contributed by atoms with Crippen molar-refractivity contribution < 1.29 is 4.79 Å². The van der Waals surface area contributed by atoms with E-state index in [0.29, 0.717) is 22.8 Å². The van der Waals surface area contributed by atoms with Crippen LogP contribution in [0.25, 0.3) is 22.0 Å². The van der Waals surface area contributed by atoms with Gasteiger partial charge in [0.05, 0.1) is 11.3 Å². The lowest BCUT2D eigenvalue weighted by Crippen LogP contribution is -2.12. The van der Waals surface area contributed by atoms with Gasteiger partial charge in [0, 0.05) is 23.4 Å². The van der Waals surface area contributed by atoms with Gasteiger partial charge in [-0.15, -0.1) is 11.8 Å². The molecule has 0 saturated heterocycles. The number of benzene rings is 3. The molecule has 1 N–H and O–H groups in total. The molecule has 0 unspecified atom stereocenters. The molecule has 0 aliphatic carbocycles. The second-order valence-electron chi connectivity index (χ2n) is 6.74. The van der Waals surface area contributed by atoms with Gasteiger partial charge in [-0.05, 0) is 35.0 Å². The van der Waals surface area contributed by atoms with Crippen LogP contribution in [0.1, 0.15) is 12.0 Å². The number of hydrogen-bond donors (Lipinski definition) is 1. The topological polar surface area (TPSA) is 65.8 Å². The fourth-order valence-corrected chi connectivity index (χ4v) is 4.05. The van der Waals surface area contributed by atoms with Crippen LogP contribution < -0.4 is 5.32 Å². The van der Waals surface area contributed by atoms with Gasteiger partial charge >= 0.3 is 0 Å². The number of hydrogen-bond acceptors (Lipinski definition) is 4. The lowest BCUT2D eigenvalue weighted by Gasteiger charge is -2.08. The molecule has 0 fully saturated rings. The van der Waals surface area contributed by atoms with Crippen molar-refractivity contribution >= 4 is 34.1 Å². The van der Waals surface area contributed by atoms with Crippen LogP contribution in [0.2, 0.25) is 0 Å². The van der Waals surface area contributed by atoms with E-state index in [9.17, 15) is 10.1 Å². The van der Waals surface area contributed by atoms with Crippen molar-refractivity contribution in [1.82, 2.24) is 4.98 Å². The first-order valence-corrected chi connectivity index (χ1v) is 10.6. The minimum Gasteiger partial charge on any atom is -0.326 e. The van der Waals surface area contributed by atoms with Crippen LogP contribution in [-0.4, -0.2) is 16.6 Å². The molecular weight excluding hydrogens is 390 g/mol. The van der Waals surface area contributed by atoms with Gasteiger partial charge in [-0.1, -0.05) is 60.7 Å². The first-order valence-electron chi connectivity index (χ1n) is 9.61. The molecule has 1 heterocycles. The van der Waals surface area contributed by atoms with E-state index >= 15 is 0 Å². The zero-order valence-electron chi connectivity index (χ0n) is 16.2. The Morgan fingerprint density at radius 2 is 1.70 bits per heavy atom. The molecule has 3 aromatic carbocycles. The molecule has 5 heteroatoms. The number of nitrogens with one attached hydrogen (secondary N) is 1. The van der Waals surface area contributed by atoms with E-state index in [0.717, 1.165) is 27.7 Å². The SMILES string of the molecule is N#Cc1ccc(-c2ccccc2)nc1SCCC(=O)Nc1ccc2ccccc2c1. The van der Waals surface area contributed by atoms with Gasteiger partial charge in [-0.25, -0.2) is 4.98 Å². The van der Waals surface area contributed by atoms with E-state index in [1.54, 1.807) is 6.07 Å². The molecule has 0 saturated carbocycles. The Morgan fingerprint density at radius 1 is 0.933 bits per heavy atom. The second kappa shape index (κ2) is 9.25. The number of aromatic nitrogens is 1. The number of fused-ring (bicyclic) bond motifs is 1. The molecule has 1 aromatic heterocycles. The molecule has 0 spiro atoms. The summed E-state index contributed by atoms with van der Waals surface area (Å²) in [6.07, 6.45) is 0.333. The molecule has 0 aliphatic heterocycles. The lowest BCUT2D eigenvalue weighted by atomic mass is 10.1. The molecular formula is C25H19N3OS. The average molecular weight is 410 g/mol. The highest BCUT2D eigenvalue weighted by Crippen LogP contribution is 2.26. The summed E-state index contributed by atoms with van der Waals surface area (Å²) in [7, 11) is 0. The Morgan fingerprint density at radius 3 is 2.50 bits per heavy atom. The third kappa shape index (κ3) is 4.68. The highest BCUT2D eigenvalue weighted by Gasteiger charge is 2.10. The first kappa shape index (κ1) is 19.7. The Labute approximate surface area is 179 Å². The van der Waals surface area contributed by atoms with Gasteiger partial charge in [0.2, 0.25) is 5.91 Å². The number of amides is 1. The molecule has 4 nitrogen and oxygen atoms in total. The summed E-state index contributed by atoms with van der Waals surface area (Å²) in [5.74, 6) is 0.481. The maximum absolute atomic E-state index is 12.4. The minimum absolute atomic E-state index is 0.0597. The van der Waals surface area contributed by atoms with E-state index in [2.05, 4.69) is 16.4 Å². The molecule has 4 aromatic rings. The zero-order chi connectivity index (χ0) is 20.8. The van der Waals surface area contributed by atoms with Crippen molar-refractivity contribution in [2.45, 2.75) is 11.4 Å². The Bertz CT molecular complexity index is 1230. The lowest BCUT2D eigenvalue weighted by molar-refractivity contribution is -0.115. The maximum atomic E-state index is 12.4. The molecule has 0 radical (unpaired) electrons. The van der Waals surface area contributed by atoms with Crippen LogP contribution in [0, 0.1) is 11.3 Å². The summed E-state index contributed by atoms with van der Waals surface area (Å²) >= 11 is 1.43. The van der Waals surface area contributed by atoms with Gasteiger partial charge < -0.3 is 5.32 Å². The van der Waals surface area contributed by atoms with Crippen molar-refractivity contribution in [2.75, 3.05) is 11.1 Å². The van der Waals surface area contributed by atoms with Crippen molar-refractivity contribution in [3.63, 3.8) is 0 Å². The molecule has 0 aliphatic rings. The molecule has 146 valence electrons. The molecule has 0 bridgehead atoms. The predicted octanol–water partition coefficient (Wildman–Crippen LogP) is 5.89. The summed E-state index contributed by atoms with van der Waals surface area (Å²) in [5.41, 5.74) is 3.12. The number of anilines is 1. The minimum atomic E-state index is -0.0597. The van der Waals surface area contributed by atoms with Crippen molar-refractivity contribution in [2.24, 2.45) is 0 Å². The summed E-state index contributed by atoms with van der Waals surface area (Å²) in [6, 6.07) is 29.6. The average Bonchev–Trinajstić information content (AvgIpc) is 2.79. The Hall–Kier alpha value is -3.62. The van der Waals surface area contributed by atoms with Gasteiger partial charge in [0.25, 0.3) is 0 Å². The van der Waals surface area contributed by atoms with Crippen LogP contribution in [0.15, 0.2) is 90.0 Å². The Balaban J connectivity index is 1.39. The summed E-state index contributed by atoms with van der Waals surface area (Å²) in [5, 5.41) is 15.2. The fourth-order valence-electron chi connectivity index (χ4n) is 3.14. The monoisotopic (exact) mass is 409 g/mol. The summed E-state index contributed by atoms with van der Waals surface area (Å²) in [6.45, 7) is 0. The number of thioether (sulfide) groups is 1. The van der Waals surface area contributed by atoms with E-state index in [4.69, 9.17) is 0 Å². The third-order valence-corrected chi connectivity index (χ3v) is 5.64. The van der Waals surface area contributed by atoms with Crippen molar-refractivity contribution in [1.29, 1.82) is 5.26 Å². The van der Waals surface area contributed by atoms with Crippen LogP contribution in [0.4, 0.5) is 5.69 Å². The number of nitriles is 1. The van der Waals surface area contributed by atoms with Gasteiger partial charge in [-0.3, -0.25) is 4.79 Å². The zero-order valence-corrected chi connectivity index (χ0v) is 17.0. The largest absolute Gasteiger partial charge is 0.326 e. The summed E-state index contributed by atoms with van der Waals surface area (Å²) < 4.78 is 0. The van der Waals surface area contributed by atoms with Crippen molar-refractivity contribution in [3.05, 3.63) is 90.5 Å². The van der Waals surface area contributed by atoms with E-state index < -0.39 is 0 Å². The van der Waals surface area contributed by atoms with Crippen LogP contribution in [-0.2, 0) is 4.79 Å². The third-order valence-electron chi connectivity index (χ3n) is 4.65. The number of pyridine rings is 1. The van der Waals surface area contributed by atoms with Gasteiger partial charge in [0.15, 0.2) is 0 Å². The summed E-state index contributed by atoms with van der Waals surface area (Å²) in [4.78, 5) is 17.0. The van der Waals surface area contributed by atoms with Crippen molar-refractivity contribution in [3.8, 4) is 17.3 Å². The Kier molecular flexibility index (Phi) is 6.07. The highest BCUT2D eigenvalue weighted by atomic mass is 32.2. The normalized spacial score (nSPS) is 10.5. The number of carbonyl (C=O) groups excluding carboxylic acids is 1. The second-order valence-corrected chi connectivity index (χ2v) is 7.82. The predicted molar refractivity (Wildman–Crippen MR) is 122 cm³/mol. The molecule has 30 heavy (non-hydrogen) atoms. The molecule has 4 rings (SSSR count). The van der Waals surface area contributed by atoms with Crippen LogP contribution >= 0.6 is 11.8 Å². The number of carbonyl (C=O) groups is 1. The van der Waals surface area contributed by atoms with E-state index in [1.165, 1.54) is 11.8 Å². The smallest absolute Gasteiger partial charge is 0.225 e. The maximum Gasteiger partial charge on any atom is 0.225 e. The van der Waals surface area contributed by atoms with Gasteiger partial charge in [-0.2, -0.15) is 5.26 Å². The quantitative estimate of drug-likeness (QED) is 0.403. The van der Waals surface area contributed by atoms with E-state index in [-0.39, 0.29) is 5.91 Å². The van der Waals surface area contributed by atoms with E-state index in [1.807, 2.05) is 78.9 Å². The number of nitrogens with zero attached hydrogens (tertiary/aromatic N) is 2. The first-order chi connectivity index (χ1) is 14.7. The highest BCUT2D eigenvalue weighted by molar-refractivity contribution is 7.99. The molecule has 1 amide bonds. The number of rotatable bonds is 6. The molecule has 0 atom stereocenters. The fraction of sp³-hybridized carbons (Fsp3) is 0.0800. The standard InChI is InChI=1S/C25H19N3OS/c26-17-21-11-13-23(19-7-2-1-3-8-19)28-25(21)30-15-14-24(29)27-22-12-10-18-6-4-5-9-20(18)16-22/h1-13,16H,14-15H2,(H,27,29). The van der Waals surface area contributed by atoms with Crippen LogP contribution in [0.3, 0.4) is 0 Å².